The first-order valence-corrected chi connectivity index (χ1v) is 7.98. The number of nitrogens with one attached hydrogen (secondary N) is 1. The van der Waals surface area contributed by atoms with Crippen LogP contribution in [0.4, 0.5) is 5.69 Å². The molecule has 24 heavy (non-hydrogen) atoms. The first-order valence-electron chi connectivity index (χ1n) is 7.98. The zero-order valence-corrected chi connectivity index (χ0v) is 14.3. The fourth-order valence-electron chi connectivity index (χ4n) is 2.92. The van der Waals surface area contributed by atoms with Gasteiger partial charge in [0.25, 0.3) is 0 Å². The Morgan fingerprint density at radius 2 is 1.96 bits per heavy atom. The normalized spacial score (nSPS) is 11.2. The van der Waals surface area contributed by atoms with Crippen molar-refractivity contribution in [3.63, 3.8) is 0 Å². The smallest absolute Gasteiger partial charge is 0.238 e. The monoisotopic (exact) mass is 322 g/mol. The number of hydrogen-bond acceptors (Lipinski definition) is 3. The lowest BCUT2D eigenvalue weighted by Crippen LogP contribution is -2.30. The number of benzene rings is 2. The minimum atomic E-state index is -0.0182. The molecule has 5 heteroatoms. The van der Waals surface area contributed by atoms with Crippen LogP contribution >= 0.6 is 0 Å². The highest BCUT2D eigenvalue weighted by Crippen LogP contribution is 2.22. The van der Waals surface area contributed by atoms with Gasteiger partial charge in [0.2, 0.25) is 5.91 Å². The van der Waals surface area contributed by atoms with Crippen molar-refractivity contribution < 1.29 is 4.79 Å². The summed E-state index contributed by atoms with van der Waals surface area (Å²) in [5.74, 6) is -0.0182. The highest BCUT2D eigenvalue weighted by molar-refractivity contribution is 6.02. The Morgan fingerprint density at radius 1 is 1.21 bits per heavy atom. The summed E-state index contributed by atoms with van der Waals surface area (Å²) in [5.41, 5.74) is 2.99. The maximum absolute atomic E-state index is 12.4. The molecule has 0 aliphatic carbocycles. The van der Waals surface area contributed by atoms with E-state index in [-0.39, 0.29) is 5.91 Å². The molecule has 0 aliphatic rings. The maximum atomic E-state index is 12.4. The van der Waals surface area contributed by atoms with Crippen LogP contribution in [0.25, 0.3) is 10.8 Å². The summed E-state index contributed by atoms with van der Waals surface area (Å²) in [7, 11) is 3.85. The van der Waals surface area contributed by atoms with Crippen LogP contribution < -0.4 is 5.32 Å². The number of aromatic nitrogens is 2. The van der Waals surface area contributed by atoms with Crippen LogP contribution in [-0.4, -0.2) is 34.2 Å². The first kappa shape index (κ1) is 16.2. The molecule has 3 rings (SSSR count). The molecule has 0 bridgehead atoms. The molecule has 0 radical (unpaired) electrons. The third-order valence-corrected chi connectivity index (χ3v) is 4.03. The summed E-state index contributed by atoms with van der Waals surface area (Å²) >= 11 is 0. The second-order valence-corrected chi connectivity index (χ2v) is 6.16. The summed E-state index contributed by atoms with van der Waals surface area (Å²) in [5, 5.41) is 9.53. The first-order chi connectivity index (χ1) is 11.5. The molecular formula is C19H22N4O. The predicted octanol–water partition coefficient (Wildman–Crippen LogP) is 2.95. The zero-order valence-electron chi connectivity index (χ0n) is 14.3. The zero-order chi connectivity index (χ0) is 17.1. The number of hydrogen-bond donors (Lipinski definition) is 1. The van der Waals surface area contributed by atoms with E-state index in [1.807, 2.05) is 74.6 Å². The number of carbonyl (C=O) groups is 1. The Bertz CT molecular complexity index is 863. The van der Waals surface area contributed by atoms with E-state index in [0.29, 0.717) is 13.1 Å². The third-order valence-electron chi connectivity index (χ3n) is 4.03. The molecule has 5 nitrogen and oxygen atoms in total. The molecule has 124 valence electrons. The van der Waals surface area contributed by atoms with E-state index in [2.05, 4.69) is 10.4 Å². The van der Waals surface area contributed by atoms with Crippen LogP contribution in [0.1, 0.15) is 11.3 Å². The van der Waals surface area contributed by atoms with Gasteiger partial charge in [-0.3, -0.25) is 14.4 Å². The van der Waals surface area contributed by atoms with Gasteiger partial charge in [0, 0.05) is 36.4 Å². The molecule has 0 atom stereocenters. The molecule has 0 unspecified atom stereocenters. The number of nitrogens with zero attached hydrogens (tertiary/aromatic N) is 3. The molecule has 1 heterocycles. The Kier molecular flexibility index (Phi) is 4.62. The van der Waals surface area contributed by atoms with Gasteiger partial charge < -0.3 is 5.32 Å². The summed E-state index contributed by atoms with van der Waals surface area (Å²) in [4.78, 5) is 14.4. The fourth-order valence-corrected chi connectivity index (χ4v) is 2.92. The molecule has 0 spiro atoms. The summed E-state index contributed by atoms with van der Waals surface area (Å²) in [6.07, 6.45) is 1.99. The molecule has 1 N–H and O–H groups in total. The number of aryl methyl sites for hydroxylation is 2. The largest absolute Gasteiger partial charge is 0.324 e. The number of likely N-dealkylation sites (N-methyl/N-ethyl adjacent to an activating group) is 1. The van der Waals surface area contributed by atoms with Gasteiger partial charge in [-0.2, -0.15) is 5.10 Å². The van der Waals surface area contributed by atoms with Gasteiger partial charge in [-0.05, 0) is 25.4 Å². The minimum Gasteiger partial charge on any atom is -0.324 e. The molecule has 0 saturated heterocycles. The van der Waals surface area contributed by atoms with Crippen molar-refractivity contribution in [2.24, 2.45) is 7.05 Å². The molecular weight excluding hydrogens is 300 g/mol. The quantitative estimate of drug-likeness (QED) is 0.786. The van der Waals surface area contributed by atoms with E-state index in [1.165, 1.54) is 0 Å². The third kappa shape index (κ3) is 3.63. The van der Waals surface area contributed by atoms with Crippen molar-refractivity contribution >= 4 is 22.4 Å². The fraction of sp³-hybridized carbons (Fsp3) is 0.263. The molecule has 3 aromatic rings. The highest BCUT2D eigenvalue weighted by Gasteiger charge is 2.11. The van der Waals surface area contributed by atoms with Crippen molar-refractivity contribution in [1.82, 2.24) is 14.7 Å². The van der Waals surface area contributed by atoms with Gasteiger partial charge in [-0.1, -0.05) is 36.4 Å². The molecule has 0 saturated carbocycles. The number of fused-ring (bicyclic) bond motifs is 1. The van der Waals surface area contributed by atoms with Crippen LogP contribution in [-0.2, 0) is 18.4 Å². The van der Waals surface area contributed by atoms with Gasteiger partial charge >= 0.3 is 0 Å². The van der Waals surface area contributed by atoms with E-state index in [0.717, 1.165) is 27.7 Å². The maximum Gasteiger partial charge on any atom is 0.238 e. The Balaban J connectivity index is 1.65. The lowest BCUT2D eigenvalue weighted by atomic mass is 10.1. The summed E-state index contributed by atoms with van der Waals surface area (Å²) in [6, 6.07) is 14.0. The SMILES string of the molecule is Cc1nn(C)cc1CN(C)CC(=O)Nc1cccc2ccccc12. The van der Waals surface area contributed by atoms with Crippen LogP contribution in [0.15, 0.2) is 48.7 Å². The average molecular weight is 322 g/mol. The molecule has 0 aliphatic heterocycles. The lowest BCUT2D eigenvalue weighted by Gasteiger charge is -2.16. The second-order valence-electron chi connectivity index (χ2n) is 6.16. The van der Waals surface area contributed by atoms with E-state index in [1.54, 1.807) is 4.68 Å². The Morgan fingerprint density at radius 3 is 2.71 bits per heavy atom. The molecule has 0 fully saturated rings. The van der Waals surface area contributed by atoms with Gasteiger partial charge in [-0.15, -0.1) is 0 Å². The number of carbonyl (C=O) groups excluding carboxylic acids is 1. The van der Waals surface area contributed by atoms with Crippen molar-refractivity contribution in [3.8, 4) is 0 Å². The van der Waals surface area contributed by atoms with E-state index in [4.69, 9.17) is 0 Å². The van der Waals surface area contributed by atoms with Crippen LogP contribution in [0.3, 0.4) is 0 Å². The van der Waals surface area contributed by atoms with Crippen molar-refractivity contribution in [2.45, 2.75) is 13.5 Å². The Labute approximate surface area is 141 Å². The van der Waals surface area contributed by atoms with Crippen molar-refractivity contribution in [2.75, 3.05) is 18.9 Å². The number of rotatable bonds is 5. The van der Waals surface area contributed by atoms with Crippen LogP contribution in [0.2, 0.25) is 0 Å². The highest BCUT2D eigenvalue weighted by atomic mass is 16.2. The van der Waals surface area contributed by atoms with Gasteiger partial charge in [0.1, 0.15) is 0 Å². The van der Waals surface area contributed by atoms with Crippen molar-refractivity contribution in [3.05, 3.63) is 59.9 Å². The average Bonchev–Trinajstić information content (AvgIpc) is 2.85. The number of anilines is 1. The van der Waals surface area contributed by atoms with Crippen LogP contribution in [0, 0.1) is 6.92 Å². The van der Waals surface area contributed by atoms with Crippen molar-refractivity contribution in [1.29, 1.82) is 0 Å². The molecule has 1 amide bonds. The standard InChI is InChI=1S/C19H22N4O/c1-14-16(12-23(3)21-14)11-22(2)13-19(24)20-18-10-6-8-15-7-4-5-9-17(15)18/h4-10,12H,11,13H2,1-3H3,(H,20,24). The lowest BCUT2D eigenvalue weighted by molar-refractivity contribution is -0.117. The number of amides is 1. The topological polar surface area (TPSA) is 50.2 Å². The second kappa shape index (κ2) is 6.84. The molecule has 2 aromatic carbocycles. The van der Waals surface area contributed by atoms with Gasteiger partial charge in [0.15, 0.2) is 0 Å². The predicted molar refractivity (Wildman–Crippen MR) is 96.9 cm³/mol. The molecule has 1 aromatic heterocycles. The van der Waals surface area contributed by atoms with Crippen LogP contribution in [0.5, 0.6) is 0 Å². The van der Waals surface area contributed by atoms with E-state index in [9.17, 15) is 4.79 Å². The van der Waals surface area contributed by atoms with Gasteiger partial charge in [0.05, 0.1) is 12.2 Å². The van der Waals surface area contributed by atoms with E-state index >= 15 is 0 Å². The van der Waals surface area contributed by atoms with E-state index < -0.39 is 0 Å². The Hall–Kier alpha value is -2.66. The van der Waals surface area contributed by atoms with Gasteiger partial charge in [-0.25, -0.2) is 0 Å². The summed E-state index contributed by atoms with van der Waals surface area (Å²) in [6.45, 7) is 3.01. The minimum absolute atomic E-state index is 0.0182. The summed E-state index contributed by atoms with van der Waals surface area (Å²) < 4.78 is 1.80.